The Kier molecular flexibility index (Phi) is 7.06. The summed E-state index contributed by atoms with van der Waals surface area (Å²) in [4.78, 5) is 2.46. The van der Waals surface area contributed by atoms with Gasteiger partial charge in [0.2, 0.25) is 0 Å². The third kappa shape index (κ3) is 5.69. The molecule has 0 atom stereocenters. The second kappa shape index (κ2) is 8.33. The Morgan fingerprint density at radius 1 is 1.11 bits per heavy atom. The zero-order chi connectivity index (χ0) is 13.4. The minimum absolute atomic E-state index is 0.496. The van der Waals surface area contributed by atoms with Crippen molar-refractivity contribution in [2.75, 3.05) is 13.1 Å². The minimum atomic E-state index is 0.496. The minimum Gasteiger partial charge on any atom is -0.463 e. The van der Waals surface area contributed by atoms with Crippen molar-refractivity contribution in [1.29, 1.82) is 0 Å². The second-order valence-electron chi connectivity index (χ2n) is 5.18. The molecule has 104 valence electrons. The summed E-state index contributed by atoms with van der Waals surface area (Å²) in [7, 11) is 0. The van der Waals surface area contributed by atoms with Crippen LogP contribution in [0.25, 0.3) is 0 Å². The van der Waals surface area contributed by atoms with E-state index in [4.69, 9.17) is 4.42 Å². The van der Waals surface area contributed by atoms with E-state index in [1.54, 1.807) is 0 Å². The highest BCUT2D eigenvalue weighted by Gasteiger charge is 2.08. The summed E-state index contributed by atoms with van der Waals surface area (Å²) in [6.45, 7) is 12.8. The van der Waals surface area contributed by atoms with E-state index in [9.17, 15) is 0 Å². The molecular formula is C15H28N2O. The van der Waals surface area contributed by atoms with Crippen molar-refractivity contribution in [2.45, 2.75) is 59.7 Å². The van der Waals surface area contributed by atoms with Gasteiger partial charge in [-0.25, -0.2) is 0 Å². The molecule has 0 spiro atoms. The van der Waals surface area contributed by atoms with Crippen LogP contribution in [-0.4, -0.2) is 24.0 Å². The monoisotopic (exact) mass is 252 g/mol. The lowest BCUT2D eigenvalue weighted by Crippen LogP contribution is -2.24. The van der Waals surface area contributed by atoms with Gasteiger partial charge in [-0.3, -0.25) is 4.90 Å². The van der Waals surface area contributed by atoms with Gasteiger partial charge in [0.25, 0.3) is 0 Å². The molecule has 0 aliphatic heterocycles. The van der Waals surface area contributed by atoms with Crippen LogP contribution < -0.4 is 5.32 Å². The quantitative estimate of drug-likeness (QED) is 0.730. The van der Waals surface area contributed by atoms with Crippen LogP contribution in [0.1, 0.15) is 52.1 Å². The summed E-state index contributed by atoms with van der Waals surface area (Å²) < 4.78 is 5.85. The number of hydrogen-bond donors (Lipinski definition) is 1. The lowest BCUT2D eigenvalue weighted by Gasteiger charge is -2.19. The fourth-order valence-corrected chi connectivity index (χ4v) is 2.03. The van der Waals surface area contributed by atoms with E-state index in [2.05, 4.69) is 50.0 Å². The summed E-state index contributed by atoms with van der Waals surface area (Å²) in [5.41, 5.74) is 0. The SMILES string of the molecule is CCCN(CCC)Cc1ccc(CNC(C)C)o1. The summed E-state index contributed by atoms with van der Waals surface area (Å²) in [5, 5.41) is 3.37. The Labute approximate surface area is 112 Å². The number of hydrogen-bond acceptors (Lipinski definition) is 3. The predicted octanol–water partition coefficient (Wildman–Crippen LogP) is 3.40. The van der Waals surface area contributed by atoms with Crippen molar-refractivity contribution >= 4 is 0 Å². The summed E-state index contributed by atoms with van der Waals surface area (Å²) in [6.07, 6.45) is 2.39. The van der Waals surface area contributed by atoms with Crippen LogP contribution in [0.2, 0.25) is 0 Å². The maximum absolute atomic E-state index is 5.85. The Hall–Kier alpha value is -0.800. The zero-order valence-corrected chi connectivity index (χ0v) is 12.3. The average molecular weight is 252 g/mol. The fraction of sp³-hybridized carbons (Fsp3) is 0.733. The molecule has 0 aromatic carbocycles. The maximum atomic E-state index is 5.85. The first-order chi connectivity index (χ1) is 8.65. The van der Waals surface area contributed by atoms with Crippen LogP contribution >= 0.6 is 0 Å². The molecule has 0 saturated carbocycles. The zero-order valence-electron chi connectivity index (χ0n) is 12.3. The summed E-state index contributed by atoms with van der Waals surface area (Å²) in [6, 6.07) is 4.69. The third-order valence-electron chi connectivity index (χ3n) is 2.86. The molecular weight excluding hydrogens is 224 g/mol. The van der Waals surface area contributed by atoms with Crippen molar-refractivity contribution in [3.05, 3.63) is 23.7 Å². The van der Waals surface area contributed by atoms with Gasteiger partial charge >= 0.3 is 0 Å². The molecule has 3 heteroatoms. The lowest BCUT2D eigenvalue weighted by atomic mass is 10.3. The highest BCUT2D eigenvalue weighted by atomic mass is 16.3. The first-order valence-electron chi connectivity index (χ1n) is 7.19. The molecule has 0 unspecified atom stereocenters. The molecule has 0 fully saturated rings. The number of nitrogens with one attached hydrogen (secondary N) is 1. The highest BCUT2D eigenvalue weighted by Crippen LogP contribution is 2.11. The normalized spacial score (nSPS) is 11.7. The van der Waals surface area contributed by atoms with Gasteiger partial charge in [0, 0.05) is 6.04 Å². The molecule has 0 bridgehead atoms. The molecule has 0 aliphatic carbocycles. The standard InChI is InChI=1S/C15H28N2O/c1-5-9-17(10-6-2)12-15-8-7-14(18-15)11-16-13(3)4/h7-8,13,16H,5-6,9-12H2,1-4H3. The fourth-order valence-electron chi connectivity index (χ4n) is 2.03. The summed E-state index contributed by atoms with van der Waals surface area (Å²) in [5.74, 6) is 2.11. The smallest absolute Gasteiger partial charge is 0.118 e. The van der Waals surface area contributed by atoms with Crippen LogP contribution in [0.3, 0.4) is 0 Å². The van der Waals surface area contributed by atoms with Crippen LogP contribution in [0.15, 0.2) is 16.5 Å². The second-order valence-corrected chi connectivity index (χ2v) is 5.18. The first-order valence-corrected chi connectivity index (χ1v) is 7.19. The third-order valence-corrected chi connectivity index (χ3v) is 2.86. The number of nitrogens with zero attached hydrogens (tertiary/aromatic N) is 1. The van der Waals surface area contributed by atoms with Gasteiger partial charge < -0.3 is 9.73 Å². The van der Waals surface area contributed by atoms with Crippen molar-refractivity contribution in [1.82, 2.24) is 10.2 Å². The van der Waals surface area contributed by atoms with Crippen LogP contribution in [0.5, 0.6) is 0 Å². The van der Waals surface area contributed by atoms with Gasteiger partial charge in [0.1, 0.15) is 11.5 Å². The van der Waals surface area contributed by atoms with E-state index in [0.29, 0.717) is 6.04 Å². The van der Waals surface area contributed by atoms with Crippen molar-refractivity contribution in [2.24, 2.45) is 0 Å². The van der Waals surface area contributed by atoms with E-state index in [0.717, 1.165) is 37.7 Å². The first kappa shape index (κ1) is 15.3. The van der Waals surface area contributed by atoms with Gasteiger partial charge in [-0.15, -0.1) is 0 Å². The van der Waals surface area contributed by atoms with Crippen molar-refractivity contribution in [3.8, 4) is 0 Å². The topological polar surface area (TPSA) is 28.4 Å². The Morgan fingerprint density at radius 3 is 2.28 bits per heavy atom. The predicted molar refractivity (Wildman–Crippen MR) is 76.5 cm³/mol. The van der Waals surface area contributed by atoms with E-state index in [-0.39, 0.29) is 0 Å². The Morgan fingerprint density at radius 2 is 1.72 bits per heavy atom. The molecule has 1 aromatic rings. The van der Waals surface area contributed by atoms with Gasteiger partial charge in [-0.05, 0) is 38.1 Å². The van der Waals surface area contributed by atoms with Gasteiger partial charge in [-0.2, -0.15) is 0 Å². The molecule has 0 amide bonds. The van der Waals surface area contributed by atoms with Crippen LogP contribution in [0.4, 0.5) is 0 Å². The van der Waals surface area contributed by atoms with E-state index in [1.165, 1.54) is 12.8 Å². The van der Waals surface area contributed by atoms with Gasteiger partial charge in [-0.1, -0.05) is 27.7 Å². The molecule has 1 N–H and O–H groups in total. The van der Waals surface area contributed by atoms with E-state index in [1.807, 2.05) is 0 Å². The van der Waals surface area contributed by atoms with Gasteiger partial charge in [0.15, 0.2) is 0 Å². The Balaban J connectivity index is 2.45. The Bertz CT molecular complexity index is 314. The number of rotatable bonds is 9. The maximum Gasteiger partial charge on any atom is 0.118 e. The van der Waals surface area contributed by atoms with Gasteiger partial charge in [0.05, 0.1) is 13.1 Å². The molecule has 1 aromatic heterocycles. The largest absolute Gasteiger partial charge is 0.463 e. The van der Waals surface area contributed by atoms with Crippen molar-refractivity contribution in [3.63, 3.8) is 0 Å². The molecule has 18 heavy (non-hydrogen) atoms. The molecule has 1 rings (SSSR count). The lowest BCUT2D eigenvalue weighted by molar-refractivity contribution is 0.241. The number of furan rings is 1. The average Bonchev–Trinajstić information content (AvgIpc) is 2.75. The highest BCUT2D eigenvalue weighted by molar-refractivity contribution is 5.07. The summed E-state index contributed by atoms with van der Waals surface area (Å²) >= 11 is 0. The molecule has 0 aliphatic rings. The van der Waals surface area contributed by atoms with E-state index < -0.39 is 0 Å². The van der Waals surface area contributed by atoms with Crippen LogP contribution in [0, 0.1) is 0 Å². The molecule has 3 nitrogen and oxygen atoms in total. The molecule has 1 heterocycles. The molecule has 0 radical (unpaired) electrons. The van der Waals surface area contributed by atoms with Crippen molar-refractivity contribution < 1.29 is 4.42 Å². The van der Waals surface area contributed by atoms with Crippen LogP contribution in [-0.2, 0) is 13.1 Å². The molecule has 0 saturated heterocycles. The van der Waals surface area contributed by atoms with E-state index >= 15 is 0 Å².